The molecule has 0 bridgehead atoms. The monoisotopic (exact) mass is 446 g/mol. The molecule has 0 spiro atoms. The molecule has 2 atom stereocenters. The number of aliphatic hydroxyl groups excluding tert-OH is 1. The number of hydrogen-bond donors (Lipinski definition) is 4. The number of nitrogens with zero attached hydrogens (tertiary/aromatic N) is 1. The van der Waals surface area contributed by atoms with E-state index in [1.807, 2.05) is 30.3 Å². The van der Waals surface area contributed by atoms with Gasteiger partial charge < -0.3 is 20.7 Å². The molecule has 3 aromatic rings. The van der Waals surface area contributed by atoms with Gasteiger partial charge >= 0.3 is 0 Å². The van der Waals surface area contributed by atoms with E-state index in [9.17, 15) is 9.59 Å². The second-order valence-corrected chi connectivity index (χ2v) is 9.19. The van der Waals surface area contributed by atoms with Crippen LogP contribution < -0.4 is 10.6 Å². The average molecular weight is 447 g/mol. The minimum absolute atomic E-state index is 0.00641. The van der Waals surface area contributed by atoms with Gasteiger partial charge in [-0.25, -0.2) is 0 Å². The molecule has 4 rings (SSSR count). The number of thiophene rings is 1. The molecule has 1 aliphatic carbocycles. The van der Waals surface area contributed by atoms with Crippen LogP contribution in [0, 0.1) is 0 Å². The molecular weight excluding hydrogens is 424 g/mol. The van der Waals surface area contributed by atoms with Gasteiger partial charge in [0.25, 0.3) is 5.91 Å². The van der Waals surface area contributed by atoms with E-state index in [1.165, 1.54) is 11.3 Å². The zero-order chi connectivity index (χ0) is 21.3. The zero-order valence-electron chi connectivity index (χ0n) is 16.4. The highest BCUT2D eigenvalue weighted by molar-refractivity contribution is 7.22. The maximum absolute atomic E-state index is 12.9. The lowest BCUT2D eigenvalue weighted by molar-refractivity contribution is -0.122. The first-order valence-corrected chi connectivity index (χ1v) is 10.9. The Kier molecular flexibility index (Phi) is 6.10. The van der Waals surface area contributed by atoms with Crippen LogP contribution in [0.15, 0.2) is 36.4 Å². The second-order valence-electron chi connectivity index (χ2n) is 7.51. The summed E-state index contributed by atoms with van der Waals surface area (Å²) in [6.07, 6.45) is 0.639. The van der Waals surface area contributed by atoms with Crippen molar-refractivity contribution in [3.05, 3.63) is 57.6 Å². The first kappa shape index (κ1) is 20.9. The molecule has 7 nitrogen and oxygen atoms in total. The highest BCUT2D eigenvalue weighted by atomic mass is 35.5. The standard InChI is InChI=1S/C21H23ClN4O3S/c1-26(6-7-27)11-18(28)25-19-14-5-3-2-4-12(14)8-15(19)23-20(29)16-9-13-10-17(22)30-21(13)24-16/h2-5,9-10,15,19,24,27H,6-8,11H2,1H3,(H,23,29)(H,25,28)/t15-,19-/m1/s1. The topological polar surface area (TPSA) is 97.5 Å². The first-order valence-electron chi connectivity index (χ1n) is 9.70. The van der Waals surface area contributed by atoms with Crippen LogP contribution in [-0.4, -0.2) is 59.6 Å². The van der Waals surface area contributed by atoms with Crippen molar-refractivity contribution in [1.29, 1.82) is 0 Å². The Labute approximate surface area is 183 Å². The lowest BCUT2D eigenvalue weighted by Gasteiger charge is -2.24. The maximum Gasteiger partial charge on any atom is 0.268 e. The third kappa shape index (κ3) is 4.37. The molecule has 4 N–H and O–H groups in total. The largest absolute Gasteiger partial charge is 0.395 e. The van der Waals surface area contributed by atoms with Gasteiger partial charge in [-0.2, -0.15) is 0 Å². The van der Waals surface area contributed by atoms with Crippen LogP contribution >= 0.6 is 22.9 Å². The van der Waals surface area contributed by atoms with Crippen molar-refractivity contribution in [2.75, 3.05) is 26.7 Å². The number of halogens is 1. The van der Waals surface area contributed by atoms with Crippen molar-refractivity contribution in [2.24, 2.45) is 0 Å². The number of benzene rings is 1. The number of aliphatic hydroxyl groups is 1. The van der Waals surface area contributed by atoms with E-state index in [-0.39, 0.29) is 37.0 Å². The molecule has 1 aliphatic rings. The molecule has 2 amide bonds. The molecule has 2 aromatic heterocycles. The lowest BCUT2D eigenvalue weighted by atomic mass is 10.1. The SMILES string of the molecule is CN(CCO)CC(=O)N[C@@H]1c2ccccc2C[C@H]1NC(=O)c1cc2cc(Cl)sc2[nH]1. The molecule has 0 fully saturated rings. The number of likely N-dealkylation sites (N-methyl/N-ethyl adjacent to an activating group) is 1. The molecular formula is C21H23ClN4O3S. The van der Waals surface area contributed by atoms with Gasteiger partial charge in [-0.3, -0.25) is 14.5 Å². The molecule has 0 unspecified atom stereocenters. The number of rotatable bonds is 7. The van der Waals surface area contributed by atoms with Crippen LogP contribution in [0.4, 0.5) is 0 Å². The fourth-order valence-electron chi connectivity index (χ4n) is 3.88. The molecule has 0 radical (unpaired) electrons. The fraction of sp³-hybridized carbons (Fsp3) is 0.333. The predicted molar refractivity (Wildman–Crippen MR) is 118 cm³/mol. The summed E-state index contributed by atoms with van der Waals surface area (Å²) in [6.45, 7) is 0.587. The maximum atomic E-state index is 12.9. The number of aromatic nitrogens is 1. The van der Waals surface area contributed by atoms with Crippen LogP contribution in [0.2, 0.25) is 4.34 Å². The summed E-state index contributed by atoms with van der Waals surface area (Å²) in [7, 11) is 1.78. The van der Waals surface area contributed by atoms with E-state index in [4.69, 9.17) is 16.7 Å². The van der Waals surface area contributed by atoms with E-state index in [0.717, 1.165) is 21.3 Å². The number of nitrogens with one attached hydrogen (secondary N) is 3. The van der Waals surface area contributed by atoms with E-state index in [2.05, 4.69) is 15.6 Å². The van der Waals surface area contributed by atoms with Crippen LogP contribution in [0.3, 0.4) is 0 Å². The molecule has 1 aromatic carbocycles. The zero-order valence-corrected chi connectivity index (χ0v) is 18.0. The molecule has 0 aliphatic heterocycles. The van der Waals surface area contributed by atoms with Crippen LogP contribution in [0.1, 0.15) is 27.7 Å². The number of aromatic amines is 1. The number of carbonyl (C=O) groups excluding carboxylic acids is 2. The van der Waals surface area contributed by atoms with Gasteiger partial charge in [0.2, 0.25) is 5.91 Å². The normalized spacial score (nSPS) is 18.0. The summed E-state index contributed by atoms with van der Waals surface area (Å²) >= 11 is 7.40. The van der Waals surface area contributed by atoms with E-state index in [0.29, 0.717) is 23.0 Å². The molecule has 0 saturated heterocycles. The summed E-state index contributed by atoms with van der Waals surface area (Å²) in [5.74, 6) is -0.370. The molecule has 0 saturated carbocycles. The minimum Gasteiger partial charge on any atom is -0.395 e. The Balaban J connectivity index is 1.49. The highest BCUT2D eigenvalue weighted by Gasteiger charge is 2.34. The quantitative estimate of drug-likeness (QED) is 0.447. The smallest absolute Gasteiger partial charge is 0.268 e. The van der Waals surface area contributed by atoms with Gasteiger partial charge in [-0.05, 0) is 36.7 Å². The van der Waals surface area contributed by atoms with Crippen LogP contribution in [-0.2, 0) is 11.2 Å². The van der Waals surface area contributed by atoms with Gasteiger partial charge in [0.1, 0.15) is 10.5 Å². The van der Waals surface area contributed by atoms with Crippen molar-refractivity contribution in [3.63, 3.8) is 0 Å². The summed E-state index contributed by atoms with van der Waals surface area (Å²) in [4.78, 5) is 31.1. The van der Waals surface area contributed by atoms with E-state index < -0.39 is 0 Å². The Morgan fingerprint density at radius 1 is 1.30 bits per heavy atom. The van der Waals surface area contributed by atoms with Crippen molar-refractivity contribution in [3.8, 4) is 0 Å². The molecule has 30 heavy (non-hydrogen) atoms. The Hall–Kier alpha value is -2.39. The lowest BCUT2D eigenvalue weighted by Crippen LogP contribution is -2.46. The summed E-state index contributed by atoms with van der Waals surface area (Å²) < 4.78 is 0.670. The number of H-pyrrole nitrogens is 1. The van der Waals surface area contributed by atoms with Crippen LogP contribution in [0.25, 0.3) is 10.2 Å². The Morgan fingerprint density at radius 2 is 2.10 bits per heavy atom. The number of carbonyl (C=O) groups is 2. The Bertz CT molecular complexity index is 1050. The van der Waals surface area contributed by atoms with Gasteiger partial charge in [0.05, 0.1) is 29.6 Å². The van der Waals surface area contributed by atoms with Crippen molar-refractivity contribution >= 4 is 45.0 Å². The fourth-order valence-corrected chi connectivity index (χ4v) is 5.01. The summed E-state index contributed by atoms with van der Waals surface area (Å²) in [5.41, 5.74) is 2.59. The van der Waals surface area contributed by atoms with Gasteiger partial charge in [0, 0.05) is 11.9 Å². The molecule has 158 valence electrons. The number of fused-ring (bicyclic) bond motifs is 2. The third-order valence-corrected chi connectivity index (χ3v) is 6.48. The van der Waals surface area contributed by atoms with E-state index in [1.54, 1.807) is 18.0 Å². The third-order valence-electron chi connectivity index (χ3n) is 5.28. The van der Waals surface area contributed by atoms with Gasteiger partial charge in [0.15, 0.2) is 0 Å². The first-order chi connectivity index (χ1) is 14.4. The average Bonchev–Trinajstić information content (AvgIpc) is 3.33. The minimum atomic E-state index is -0.314. The summed E-state index contributed by atoms with van der Waals surface area (Å²) in [5, 5.41) is 16.1. The predicted octanol–water partition coefficient (Wildman–Crippen LogP) is 2.32. The number of amides is 2. The van der Waals surface area contributed by atoms with E-state index >= 15 is 0 Å². The Morgan fingerprint density at radius 3 is 2.87 bits per heavy atom. The van der Waals surface area contributed by atoms with Gasteiger partial charge in [-0.15, -0.1) is 11.3 Å². The summed E-state index contributed by atoms with van der Waals surface area (Å²) in [6, 6.07) is 10.9. The van der Waals surface area contributed by atoms with Crippen molar-refractivity contribution in [1.82, 2.24) is 20.5 Å². The van der Waals surface area contributed by atoms with Crippen LogP contribution in [0.5, 0.6) is 0 Å². The molecule has 2 heterocycles. The highest BCUT2D eigenvalue weighted by Crippen LogP contribution is 2.32. The van der Waals surface area contributed by atoms with Crippen molar-refractivity contribution in [2.45, 2.75) is 18.5 Å². The second kappa shape index (κ2) is 8.77. The van der Waals surface area contributed by atoms with Crippen molar-refractivity contribution < 1.29 is 14.7 Å². The van der Waals surface area contributed by atoms with Gasteiger partial charge in [-0.1, -0.05) is 35.9 Å². The number of hydrogen-bond acceptors (Lipinski definition) is 5. The molecule has 9 heteroatoms.